The van der Waals surface area contributed by atoms with Crippen molar-refractivity contribution in [2.45, 2.75) is 31.6 Å². The van der Waals surface area contributed by atoms with E-state index in [1.807, 2.05) is 26.1 Å². The average molecular weight is 431 g/mol. The van der Waals surface area contributed by atoms with Crippen molar-refractivity contribution in [2.24, 2.45) is 0 Å². The lowest BCUT2D eigenvalue weighted by atomic mass is 10.1. The first-order valence-electron chi connectivity index (χ1n) is 9.28. The van der Waals surface area contributed by atoms with Gasteiger partial charge in [-0.25, -0.2) is 0 Å². The zero-order valence-electron chi connectivity index (χ0n) is 17.2. The summed E-state index contributed by atoms with van der Waals surface area (Å²) in [6.45, 7) is 13.2. The number of halogens is 1. The van der Waals surface area contributed by atoms with E-state index in [-0.39, 0.29) is 6.79 Å². The molecule has 0 amide bonds. The molecule has 1 aromatic rings. The Labute approximate surface area is 183 Å². The molecule has 0 spiro atoms. The maximum atomic E-state index is 6.47. The zero-order chi connectivity index (χ0) is 21.4. The van der Waals surface area contributed by atoms with E-state index in [4.69, 9.17) is 27.5 Å². The first-order chi connectivity index (χ1) is 13.9. The quantitative estimate of drug-likeness (QED) is 0.215. The van der Waals surface area contributed by atoms with E-state index in [9.17, 15) is 0 Å². The molecule has 4 nitrogen and oxygen atoms in total. The number of terminal acetylenes is 1. The fraction of sp³-hybridized carbons (Fsp3) is 0.304. The van der Waals surface area contributed by atoms with Gasteiger partial charge in [0.15, 0.2) is 11.5 Å². The number of hydrogen-bond donors (Lipinski definition) is 1. The summed E-state index contributed by atoms with van der Waals surface area (Å²) in [4.78, 5) is 3.01. The first-order valence-corrected chi connectivity index (χ1v) is 10.5. The molecule has 1 aliphatic rings. The van der Waals surface area contributed by atoms with Crippen LogP contribution in [-0.4, -0.2) is 25.3 Å². The van der Waals surface area contributed by atoms with Crippen molar-refractivity contribution in [3.8, 4) is 23.8 Å². The SMILES string of the molecule is C#CCCCN(C(=C)Sc1cc2c(cc1Cl)OCO2)C(=C/C=C)/C(C)=C(\C)NC. The third-order valence-electron chi connectivity index (χ3n) is 4.55. The number of allylic oxidation sites excluding steroid dienone is 4. The summed E-state index contributed by atoms with van der Waals surface area (Å²) in [5.41, 5.74) is 3.18. The van der Waals surface area contributed by atoms with Gasteiger partial charge in [-0.15, -0.1) is 12.3 Å². The van der Waals surface area contributed by atoms with Gasteiger partial charge in [-0.05, 0) is 38.0 Å². The smallest absolute Gasteiger partial charge is 0.231 e. The Morgan fingerprint density at radius 3 is 2.69 bits per heavy atom. The van der Waals surface area contributed by atoms with Crippen molar-refractivity contribution in [3.05, 3.63) is 64.5 Å². The van der Waals surface area contributed by atoms with Crippen molar-refractivity contribution in [2.75, 3.05) is 20.4 Å². The number of fused-ring (bicyclic) bond motifs is 1. The predicted molar refractivity (Wildman–Crippen MR) is 123 cm³/mol. The number of hydrogen-bond acceptors (Lipinski definition) is 5. The number of nitrogens with one attached hydrogen (secondary N) is 1. The highest BCUT2D eigenvalue weighted by molar-refractivity contribution is 8.03. The molecule has 1 heterocycles. The average Bonchev–Trinajstić information content (AvgIpc) is 3.16. The molecule has 0 atom stereocenters. The van der Waals surface area contributed by atoms with Gasteiger partial charge < -0.3 is 19.7 Å². The second-order valence-electron chi connectivity index (χ2n) is 6.38. The maximum Gasteiger partial charge on any atom is 0.231 e. The normalized spacial score (nSPS) is 13.4. The molecule has 0 radical (unpaired) electrons. The van der Waals surface area contributed by atoms with Crippen LogP contribution in [-0.2, 0) is 0 Å². The summed E-state index contributed by atoms with van der Waals surface area (Å²) in [7, 11) is 1.91. The number of thioether (sulfide) groups is 1. The number of rotatable bonds is 10. The minimum absolute atomic E-state index is 0.207. The largest absolute Gasteiger partial charge is 0.454 e. The third-order valence-corrected chi connectivity index (χ3v) is 5.99. The molecule has 0 bridgehead atoms. The number of benzene rings is 1. The fourth-order valence-corrected chi connectivity index (χ4v) is 3.93. The summed E-state index contributed by atoms with van der Waals surface area (Å²) < 4.78 is 10.9. The number of ether oxygens (including phenoxy) is 2. The Bertz CT molecular complexity index is 884. The summed E-state index contributed by atoms with van der Waals surface area (Å²) >= 11 is 7.95. The molecule has 154 valence electrons. The van der Waals surface area contributed by atoms with Crippen LogP contribution in [0.4, 0.5) is 0 Å². The van der Waals surface area contributed by atoms with Gasteiger partial charge in [0, 0.05) is 42.4 Å². The Morgan fingerprint density at radius 1 is 1.38 bits per heavy atom. The van der Waals surface area contributed by atoms with Crippen molar-refractivity contribution >= 4 is 23.4 Å². The Morgan fingerprint density at radius 2 is 2.07 bits per heavy atom. The first kappa shape index (κ1) is 22.9. The fourth-order valence-electron chi connectivity index (χ4n) is 2.79. The maximum absolute atomic E-state index is 6.47. The van der Waals surface area contributed by atoms with E-state index >= 15 is 0 Å². The van der Waals surface area contributed by atoms with Crippen LogP contribution < -0.4 is 14.8 Å². The van der Waals surface area contributed by atoms with Crippen LogP contribution in [0, 0.1) is 12.3 Å². The predicted octanol–water partition coefficient (Wildman–Crippen LogP) is 5.93. The highest BCUT2D eigenvalue weighted by Crippen LogP contribution is 2.43. The highest BCUT2D eigenvalue weighted by Gasteiger charge is 2.21. The van der Waals surface area contributed by atoms with Gasteiger partial charge in [0.05, 0.1) is 10.1 Å². The van der Waals surface area contributed by atoms with Crippen molar-refractivity contribution in [3.63, 3.8) is 0 Å². The molecule has 6 heteroatoms. The molecule has 0 fully saturated rings. The second-order valence-corrected chi connectivity index (χ2v) is 7.90. The molecule has 29 heavy (non-hydrogen) atoms. The Balaban J connectivity index is 2.35. The van der Waals surface area contributed by atoms with Gasteiger partial charge >= 0.3 is 0 Å². The van der Waals surface area contributed by atoms with Crippen LogP contribution in [0.5, 0.6) is 11.5 Å². The van der Waals surface area contributed by atoms with Crippen molar-refractivity contribution in [1.82, 2.24) is 10.2 Å². The van der Waals surface area contributed by atoms with Crippen LogP contribution in [0.3, 0.4) is 0 Å². The molecule has 2 rings (SSSR count). The van der Waals surface area contributed by atoms with Gasteiger partial charge in [-0.2, -0.15) is 0 Å². The summed E-state index contributed by atoms with van der Waals surface area (Å²) in [5, 5.41) is 4.64. The lowest BCUT2D eigenvalue weighted by molar-refractivity contribution is 0.174. The molecule has 1 N–H and O–H groups in total. The lowest BCUT2D eigenvalue weighted by Crippen LogP contribution is -2.24. The zero-order valence-corrected chi connectivity index (χ0v) is 18.8. The van der Waals surface area contributed by atoms with Gasteiger partial charge in [-0.3, -0.25) is 0 Å². The van der Waals surface area contributed by atoms with Gasteiger partial charge in [0.1, 0.15) is 0 Å². The molecule has 0 unspecified atom stereocenters. The Hall–Kier alpha value is -2.42. The van der Waals surface area contributed by atoms with E-state index in [1.165, 1.54) is 11.8 Å². The molecule has 0 aromatic heterocycles. The standard InChI is InChI=1S/C23H27ClN2O2S/c1-7-9-10-12-26(20(11-8-2)16(3)17(4)25-6)18(5)29-23-14-22-21(13-19(23)24)27-15-28-22/h1,8,11,13-14,25H,2,5,9-10,12,15H2,3-4,6H3/b17-16+,20-11+. The number of nitrogens with zero attached hydrogens (tertiary/aromatic N) is 1. The van der Waals surface area contributed by atoms with Crippen molar-refractivity contribution < 1.29 is 9.47 Å². The van der Waals surface area contributed by atoms with E-state index < -0.39 is 0 Å². The van der Waals surface area contributed by atoms with Gasteiger partial charge in [-0.1, -0.05) is 42.6 Å². The second kappa shape index (κ2) is 10.9. The molecule has 1 aromatic carbocycles. The van der Waals surface area contributed by atoms with Crippen LogP contribution >= 0.6 is 23.4 Å². The van der Waals surface area contributed by atoms with Gasteiger partial charge in [0.2, 0.25) is 6.79 Å². The molecule has 0 aliphatic carbocycles. The van der Waals surface area contributed by atoms with Crippen LogP contribution in [0.15, 0.2) is 64.3 Å². The molecule has 1 aliphatic heterocycles. The third kappa shape index (κ3) is 5.79. The topological polar surface area (TPSA) is 33.7 Å². The van der Waals surface area contributed by atoms with E-state index in [1.54, 1.807) is 12.1 Å². The summed E-state index contributed by atoms with van der Waals surface area (Å²) in [5.74, 6) is 4.05. The molecule has 0 saturated heterocycles. The monoisotopic (exact) mass is 430 g/mol. The van der Waals surface area contributed by atoms with E-state index in [2.05, 4.69) is 36.2 Å². The van der Waals surface area contributed by atoms with Crippen molar-refractivity contribution in [1.29, 1.82) is 0 Å². The molecular formula is C23H27ClN2O2S. The van der Waals surface area contributed by atoms with E-state index in [0.717, 1.165) is 39.9 Å². The number of unbranched alkanes of at least 4 members (excludes halogenated alkanes) is 1. The van der Waals surface area contributed by atoms with Crippen LogP contribution in [0.25, 0.3) is 0 Å². The minimum atomic E-state index is 0.207. The highest BCUT2D eigenvalue weighted by atomic mass is 35.5. The lowest BCUT2D eigenvalue weighted by Gasteiger charge is -2.30. The minimum Gasteiger partial charge on any atom is -0.454 e. The van der Waals surface area contributed by atoms with Crippen LogP contribution in [0.1, 0.15) is 26.7 Å². The summed E-state index contributed by atoms with van der Waals surface area (Å²) in [6.07, 6.45) is 10.8. The molecule has 0 saturated carbocycles. The summed E-state index contributed by atoms with van der Waals surface area (Å²) in [6, 6.07) is 3.66. The van der Waals surface area contributed by atoms with E-state index in [0.29, 0.717) is 22.9 Å². The van der Waals surface area contributed by atoms with Gasteiger partial charge in [0.25, 0.3) is 0 Å². The Kier molecular flexibility index (Phi) is 8.63. The van der Waals surface area contributed by atoms with Crippen LogP contribution in [0.2, 0.25) is 5.02 Å². The molecular weight excluding hydrogens is 404 g/mol.